The van der Waals surface area contributed by atoms with E-state index >= 15 is 0 Å². The first kappa shape index (κ1) is 21.6. The van der Waals surface area contributed by atoms with Crippen LogP contribution in [-0.4, -0.2) is 18.5 Å². The molecule has 0 radical (unpaired) electrons. The molecule has 0 amide bonds. The quantitative estimate of drug-likeness (QED) is 0.487. The van der Waals surface area contributed by atoms with Gasteiger partial charge in [0.2, 0.25) is 0 Å². The molecule has 0 spiro atoms. The van der Waals surface area contributed by atoms with Crippen LogP contribution in [0.1, 0.15) is 51.1 Å². The number of aliphatic imine (C=N–C) groups is 1. The van der Waals surface area contributed by atoms with E-state index in [1.165, 1.54) is 35.9 Å². The molecule has 2 N–H and O–H groups in total. The zero-order chi connectivity index (χ0) is 21.8. The largest absolute Gasteiger partial charge is 0.312 e. The Morgan fingerprint density at radius 1 is 1.19 bits per heavy atom. The highest BCUT2D eigenvalue weighted by Crippen LogP contribution is 2.56. The lowest BCUT2D eigenvalue weighted by Crippen LogP contribution is -2.36. The van der Waals surface area contributed by atoms with Gasteiger partial charge < -0.3 is 10.7 Å². The summed E-state index contributed by atoms with van der Waals surface area (Å²) in [5.74, 6) is 0.306. The first-order chi connectivity index (χ1) is 15.0. The average molecular weight is 418 g/mol. The molecule has 1 fully saturated rings. The van der Waals surface area contributed by atoms with Gasteiger partial charge >= 0.3 is 0 Å². The Kier molecular flexibility index (Phi) is 6.47. The summed E-state index contributed by atoms with van der Waals surface area (Å²) in [6, 6.07) is 17.4. The maximum absolute atomic E-state index is 13.3. The molecule has 0 bridgehead atoms. The van der Waals surface area contributed by atoms with Crippen molar-refractivity contribution in [3.63, 3.8) is 0 Å². The fraction of sp³-hybridized carbons (Fsp3) is 0.407. The summed E-state index contributed by atoms with van der Waals surface area (Å²) in [6.07, 6.45) is 8.04. The highest BCUT2D eigenvalue weighted by atomic mass is 19.1. The van der Waals surface area contributed by atoms with Crippen LogP contribution in [0.15, 0.2) is 71.2 Å². The third-order valence-electron chi connectivity index (χ3n) is 7.20. The van der Waals surface area contributed by atoms with Crippen molar-refractivity contribution in [2.45, 2.75) is 45.6 Å². The Labute approximate surface area is 185 Å². The second kappa shape index (κ2) is 9.27. The van der Waals surface area contributed by atoms with Gasteiger partial charge in [-0.15, -0.1) is 0 Å². The van der Waals surface area contributed by atoms with Crippen LogP contribution in [0, 0.1) is 28.5 Å². The standard InChI is InChI=1S/C27H32FN3/c1-3-30-25(19-7-5-4-6-8-19)15-21-9-10-22-16-26(20(18-29)17-27(21,22)2)31-24-13-11-23(28)12-14-24/h4-8,11-14,16,18,20-21,25,29-30H,3,9-10,15,17H2,1-2H3. The Morgan fingerprint density at radius 3 is 2.61 bits per heavy atom. The fourth-order valence-electron chi connectivity index (χ4n) is 5.43. The average Bonchev–Trinajstić information content (AvgIpc) is 3.10. The van der Waals surface area contributed by atoms with Crippen LogP contribution in [0.3, 0.4) is 0 Å². The molecular weight excluding hydrogens is 385 g/mol. The monoisotopic (exact) mass is 417 g/mol. The van der Waals surface area contributed by atoms with Crippen LogP contribution < -0.4 is 5.32 Å². The van der Waals surface area contributed by atoms with Gasteiger partial charge in [-0.2, -0.15) is 0 Å². The molecule has 0 aromatic heterocycles. The molecule has 1 saturated carbocycles. The molecule has 0 saturated heterocycles. The van der Waals surface area contributed by atoms with Crippen molar-refractivity contribution in [2.24, 2.45) is 22.2 Å². The van der Waals surface area contributed by atoms with E-state index in [1.54, 1.807) is 12.1 Å². The van der Waals surface area contributed by atoms with Crippen molar-refractivity contribution in [1.82, 2.24) is 5.32 Å². The van der Waals surface area contributed by atoms with Crippen molar-refractivity contribution in [1.29, 1.82) is 5.41 Å². The molecule has 4 heteroatoms. The van der Waals surface area contributed by atoms with Gasteiger partial charge in [0.15, 0.2) is 0 Å². The van der Waals surface area contributed by atoms with Crippen molar-refractivity contribution >= 4 is 17.6 Å². The second-order valence-electron chi connectivity index (χ2n) is 9.07. The summed E-state index contributed by atoms with van der Waals surface area (Å²) in [6.45, 7) is 5.50. The molecule has 2 aliphatic rings. The number of benzene rings is 2. The lowest BCUT2D eigenvalue weighted by molar-refractivity contribution is 0.211. The molecule has 162 valence electrons. The SMILES string of the molecule is CCNC(CC1CCC2=CC(=Nc3ccc(F)cc3)C(C=N)CC21C)c1ccccc1. The van der Waals surface area contributed by atoms with Crippen LogP contribution >= 0.6 is 0 Å². The Balaban J connectivity index is 1.60. The number of rotatable bonds is 7. The first-order valence-electron chi connectivity index (χ1n) is 11.4. The highest BCUT2D eigenvalue weighted by Gasteiger charge is 2.47. The predicted octanol–water partition coefficient (Wildman–Crippen LogP) is 6.65. The molecule has 0 heterocycles. The van der Waals surface area contributed by atoms with Crippen molar-refractivity contribution in [3.8, 4) is 0 Å². The Hall–Kier alpha value is -2.59. The maximum Gasteiger partial charge on any atom is 0.123 e. The van der Waals surface area contributed by atoms with E-state index in [0.29, 0.717) is 12.0 Å². The van der Waals surface area contributed by atoms with E-state index in [1.807, 2.05) is 0 Å². The second-order valence-corrected chi connectivity index (χ2v) is 9.07. The highest BCUT2D eigenvalue weighted by molar-refractivity contribution is 6.07. The maximum atomic E-state index is 13.3. The van der Waals surface area contributed by atoms with E-state index in [4.69, 9.17) is 10.4 Å². The number of hydrogen-bond donors (Lipinski definition) is 2. The van der Waals surface area contributed by atoms with Crippen LogP contribution in [0.25, 0.3) is 0 Å². The van der Waals surface area contributed by atoms with Gasteiger partial charge in [-0.1, -0.05) is 49.8 Å². The van der Waals surface area contributed by atoms with E-state index in [2.05, 4.69) is 55.6 Å². The van der Waals surface area contributed by atoms with Crippen molar-refractivity contribution in [2.75, 3.05) is 6.54 Å². The summed E-state index contributed by atoms with van der Waals surface area (Å²) in [4.78, 5) is 4.78. The third-order valence-corrected chi connectivity index (χ3v) is 7.20. The molecule has 31 heavy (non-hydrogen) atoms. The molecule has 4 atom stereocenters. The lowest BCUT2D eigenvalue weighted by Gasteiger charge is -2.40. The van der Waals surface area contributed by atoms with Crippen LogP contribution in [-0.2, 0) is 0 Å². The van der Waals surface area contributed by atoms with Gasteiger partial charge in [-0.05, 0) is 79.5 Å². The smallest absolute Gasteiger partial charge is 0.123 e. The van der Waals surface area contributed by atoms with Gasteiger partial charge in [0, 0.05) is 23.9 Å². The van der Waals surface area contributed by atoms with Gasteiger partial charge in [0.05, 0.1) is 5.69 Å². The van der Waals surface area contributed by atoms with Gasteiger partial charge in [0.25, 0.3) is 0 Å². The minimum absolute atomic E-state index is 0.00582. The topological polar surface area (TPSA) is 48.2 Å². The zero-order valence-electron chi connectivity index (χ0n) is 18.4. The Bertz CT molecular complexity index is 964. The van der Waals surface area contributed by atoms with E-state index < -0.39 is 0 Å². The number of nitrogens with zero attached hydrogens (tertiary/aromatic N) is 1. The summed E-state index contributed by atoms with van der Waals surface area (Å²) in [7, 11) is 0. The zero-order valence-corrected chi connectivity index (χ0v) is 18.4. The fourth-order valence-corrected chi connectivity index (χ4v) is 5.43. The summed E-state index contributed by atoms with van der Waals surface area (Å²) in [5, 5.41) is 11.8. The summed E-state index contributed by atoms with van der Waals surface area (Å²) in [5.41, 5.74) is 4.57. The molecule has 2 aromatic carbocycles. The first-order valence-corrected chi connectivity index (χ1v) is 11.4. The van der Waals surface area contributed by atoms with E-state index in [9.17, 15) is 4.39 Å². The summed E-state index contributed by atoms with van der Waals surface area (Å²) >= 11 is 0. The van der Waals surface area contributed by atoms with E-state index in [0.717, 1.165) is 37.2 Å². The number of halogens is 1. The Morgan fingerprint density at radius 2 is 1.94 bits per heavy atom. The minimum Gasteiger partial charge on any atom is -0.312 e. The molecular formula is C27H32FN3. The van der Waals surface area contributed by atoms with Gasteiger partial charge in [0.1, 0.15) is 5.82 Å². The lowest BCUT2D eigenvalue weighted by atomic mass is 9.65. The molecule has 3 nitrogen and oxygen atoms in total. The van der Waals surface area contributed by atoms with Gasteiger partial charge in [-0.3, -0.25) is 4.99 Å². The predicted molar refractivity (Wildman–Crippen MR) is 127 cm³/mol. The van der Waals surface area contributed by atoms with Crippen LogP contribution in [0.4, 0.5) is 10.1 Å². The normalized spacial score (nSPS) is 27.6. The summed E-state index contributed by atoms with van der Waals surface area (Å²) < 4.78 is 13.3. The van der Waals surface area contributed by atoms with Crippen molar-refractivity contribution < 1.29 is 4.39 Å². The number of hydrogen-bond acceptors (Lipinski definition) is 3. The molecule has 2 aliphatic carbocycles. The molecule has 4 unspecified atom stereocenters. The molecule has 0 aliphatic heterocycles. The molecule has 2 aromatic rings. The third kappa shape index (κ3) is 4.54. The molecule has 4 rings (SSSR count). The minimum atomic E-state index is -0.255. The van der Waals surface area contributed by atoms with E-state index in [-0.39, 0.29) is 17.2 Å². The van der Waals surface area contributed by atoms with Crippen molar-refractivity contribution in [3.05, 3.63) is 77.6 Å². The number of allylic oxidation sites excluding steroid dienone is 2. The number of fused-ring (bicyclic) bond motifs is 1. The van der Waals surface area contributed by atoms with Gasteiger partial charge in [-0.25, -0.2) is 4.39 Å². The van der Waals surface area contributed by atoms with Crippen LogP contribution in [0.5, 0.6) is 0 Å². The van der Waals surface area contributed by atoms with Crippen LogP contribution in [0.2, 0.25) is 0 Å². The number of nitrogens with one attached hydrogen (secondary N) is 2.